The molecule has 0 spiro atoms. The number of nitrogens with zero attached hydrogens (tertiary/aromatic N) is 1. The van der Waals surface area contributed by atoms with Crippen LogP contribution in [0.25, 0.3) is 0 Å². The van der Waals surface area contributed by atoms with Gasteiger partial charge in [-0.2, -0.15) is 0 Å². The molecule has 4 nitrogen and oxygen atoms in total. The van der Waals surface area contributed by atoms with Gasteiger partial charge in [0.2, 0.25) is 0 Å². The van der Waals surface area contributed by atoms with E-state index >= 15 is 0 Å². The van der Waals surface area contributed by atoms with Gasteiger partial charge in [0.1, 0.15) is 0 Å². The van der Waals surface area contributed by atoms with Crippen LogP contribution in [0.2, 0.25) is 5.02 Å². The van der Waals surface area contributed by atoms with Gasteiger partial charge in [0.05, 0.1) is 5.41 Å². The fraction of sp³-hybridized carbons (Fsp3) is 0.522. The van der Waals surface area contributed by atoms with E-state index in [0.717, 1.165) is 56.6 Å². The predicted molar refractivity (Wildman–Crippen MR) is 121 cm³/mol. The van der Waals surface area contributed by atoms with Gasteiger partial charge in [-0.25, -0.2) is 0 Å². The number of aromatic nitrogens is 1. The Hall–Kier alpha value is -1.49. The number of fused-ring (bicyclic) bond motifs is 1. The van der Waals surface area contributed by atoms with Crippen molar-refractivity contribution in [1.82, 2.24) is 9.88 Å². The molecule has 1 aromatic heterocycles. The molecule has 0 bridgehead atoms. The summed E-state index contributed by atoms with van der Waals surface area (Å²) in [4.78, 5) is 17.2. The Kier molecular flexibility index (Phi) is 8.62. The second-order valence-corrected chi connectivity index (χ2v) is 8.93. The van der Waals surface area contributed by atoms with Crippen molar-refractivity contribution in [2.24, 2.45) is 5.41 Å². The molecule has 1 aliphatic rings. The number of rotatable bonds is 9. The highest BCUT2D eigenvalue weighted by molar-refractivity contribution is 6.31. The third-order valence-corrected chi connectivity index (χ3v) is 6.36. The van der Waals surface area contributed by atoms with E-state index in [1.807, 2.05) is 32.2 Å². The first kappa shape index (κ1) is 23.8. The van der Waals surface area contributed by atoms with E-state index in [9.17, 15) is 9.90 Å². The van der Waals surface area contributed by atoms with Crippen LogP contribution in [0, 0.1) is 5.41 Å². The summed E-state index contributed by atoms with van der Waals surface area (Å²) in [5.74, 6) is -0.711. The maximum absolute atomic E-state index is 11.3. The van der Waals surface area contributed by atoms with E-state index in [1.165, 1.54) is 16.8 Å². The Morgan fingerprint density at radius 3 is 2.72 bits per heavy atom. The molecule has 29 heavy (non-hydrogen) atoms. The van der Waals surface area contributed by atoms with Crippen molar-refractivity contribution in [1.29, 1.82) is 0 Å². The Labute approximate surface area is 185 Å². The number of carboxylic acid groups (broad SMARTS) is 1. The molecule has 2 aromatic rings. The second-order valence-electron chi connectivity index (χ2n) is 8.53. The summed E-state index contributed by atoms with van der Waals surface area (Å²) in [5, 5.41) is 10.1. The first-order valence-electron chi connectivity index (χ1n) is 10.3. The lowest BCUT2D eigenvalue weighted by Gasteiger charge is -2.35. The fourth-order valence-electron chi connectivity index (χ4n) is 4.10. The SMILES string of the molecule is CC(C)(CCCCCC(c1ccccc1Cl)N1CCc2[nH]ccc2C1)C(=O)O.Cl. The molecule has 1 aliphatic heterocycles. The summed E-state index contributed by atoms with van der Waals surface area (Å²) in [6.45, 7) is 5.59. The van der Waals surface area contributed by atoms with Gasteiger partial charge in [0.15, 0.2) is 0 Å². The van der Waals surface area contributed by atoms with E-state index in [-0.39, 0.29) is 12.4 Å². The lowest BCUT2D eigenvalue weighted by Crippen LogP contribution is -2.34. The Morgan fingerprint density at radius 2 is 2.00 bits per heavy atom. The van der Waals surface area contributed by atoms with Crippen LogP contribution in [0.1, 0.15) is 68.8 Å². The highest BCUT2D eigenvalue weighted by Crippen LogP contribution is 2.35. The summed E-state index contributed by atoms with van der Waals surface area (Å²) in [6, 6.07) is 10.6. The first-order valence-corrected chi connectivity index (χ1v) is 10.6. The summed E-state index contributed by atoms with van der Waals surface area (Å²) in [7, 11) is 0. The number of halogens is 2. The van der Waals surface area contributed by atoms with Crippen molar-refractivity contribution < 1.29 is 9.90 Å². The Morgan fingerprint density at radius 1 is 1.24 bits per heavy atom. The fourth-order valence-corrected chi connectivity index (χ4v) is 4.37. The van der Waals surface area contributed by atoms with E-state index < -0.39 is 11.4 Å². The van der Waals surface area contributed by atoms with Crippen LogP contribution in [0.3, 0.4) is 0 Å². The molecule has 0 saturated heterocycles. The molecule has 1 aromatic carbocycles. The number of benzene rings is 1. The minimum absolute atomic E-state index is 0. The zero-order chi connectivity index (χ0) is 20.1. The number of carbonyl (C=O) groups is 1. The highest BCUT2D eigenvalue weighted by atomic mass is 35.5. The van der Waals surface area contributed by atoms with Gasteiger partial charge >= 0.3 is 5.97 Å². The predicted octanol–water partition coefficient (Wildman–Crippen LogP) is 6.25. The van der Waals surface area contributed by atoms with E-state index in [2.05, 4.69) is 28.1 Å². The summed E-state index contributed by atoms with van der Waals surface area (Å²) >= 11 is 6.55. The molecule has 3 rings (SSSR count). The van der Waals surface area contributed by atoms with Gasteiger partial charge in [-0.05, 0) is 49.9 Å². The zero-order valence-corrected chi connectivity index (χ0v) is 18.9. The Bertz CT molecular complexity index is 804. The molecule has 0 aliphatic carbocycles. The molecular formula is C23H32Cl2N2O2. The summed E-state index contributed by atoms with van der Waals surface area (Å²) in [6.07, 6.45) is 7.88. The van der Waals surface area contributed by atoms with Crippen LogP contribution in [-0.4, -0.2) is 27.5 Å². The lowest BCUT2D eigenvalue weighted by molar-refractivity contribution is -0.147. The monoisotopic (exact) mass is 438 g/mol. The number of hydrogen-bond donors (Lipinski definition) is 2. The highest BCUT2D eigenvalue weighted by Gasteiger charge is 2.28. The molecule has 0 radical (unpaired) electrons. The van der Waals surface area contributed by atoms with Crippen molar-refractivity contribution in [2.45, 2.75) is 65.0 Å². The molecule has 0 amide bonds. The van der Waals surface area contributed by atoms with Crippen LogP contribution < -0.4 is 0 Å². The molecule has 0 saturated carbocycles. The van der Waals surface area contributed by atoms with Gasteiger partial charge in [-0.15, -0.1) is 12.4 Å². The number of aliphatic carboxylic acids is 1. The minimum atomic E-state index is -0.711. The Balaban J connectivity index is 0.00000300. The largest absolute Gasteiger partial charge is 0.481 e. The van der Waals surface area contributed by atoms with E-state index in [0.29, 0.717) is 6.04 Å². The average Bonchev–Trinajstić information content (AvgIpc) is 3.13. The molecular weight excluding hydrogens is 407 g/mol. The van der Waals surface area contributed by atoms with Crippen LogP contribution in [0.4, 0.5) is 0 Å². The number of unbranched alkanes of at least 4 members (excludes halogenated alkanes) is 2. The third-order valence-electron chi connectivity index (χ3n) is 6.02. The van der Waals surface area contributed by atoms with Crippen LogP contribution >= 0.6 is 24.0 Å². The van der Waals surface area contributed by atoms with E-state index in [4.69, 9.17) is 11.6 Å². The molecule has 2 heterocycles. The number of H-pyrrole nitrogens is 1. The molecule has 160 valence electrons. The third kappa shape index (κ3) is 6.00. The van der Waals surface area contributed by atoms with Gasteiger partial charge in [0.25, 0.3) is 0 Å². The normalized spacial score (nSPS) is 15.4. The maximum atomic E-state index is 11.3. The molecule has 1 unspecified atom stereocenters. The van der Waals surface area contributed by atoms with Crippen molar-refractivity contribution >= 4 is 30.0 Å². The van der Waals surface area contributed by atoms with Crippen molar-refractivity contribution in [2.75, 3.05) is 6.54 Å². The average molecular weight is 439 g/mol. The van der Waals surface area contributed by atoms with Crippen molar-refractivity contribution in [3.8, 4) is 0 Å². The minimum Gasteiger partial charge on any atom is -0.481 e. The van der Waals surface area contributed by atoms with Gasteiger partial charge < -0.3 is 10.1 Å². The van der Waals surface area contributed by atoms with Crippen LogP contribution in [0.15, 0.2) is 36.5 Å². The smallest absolute Gasteiger partial charge is 0.309 e. The zero-order valence-electron chi connectivity index (χ0n) is 17.3. The molecule has 6 heteroatoms. The number of hydrogen-bond acceptors (Lipinski definition) is 2. The van der Waals surface area contributed by atoms with Gasteiger partial charge in [-0.1, -0.05) is 49.1 Å². The molecule has 0 fully saturated rings. The quantitative estimate of drug-likeness (QED) is 0.454. The van der Waals surface area contributed by atoms with E-state index in [1.54, 1.807) is 0 Å². The topological polar surface area (TPSA) is 56.3 Å². The van der Waals surface area contributed by atoms with Crippen LogP contribution in [-0.2, 0) is 17.8 Å². The van der Waals surface area contributed by atoms with Crippen LogP contribution in [0.5, 0.6) is 0 Å². The second kappa shape index (κ2) is 10.5. The number of nitrogens with one attached hydrogen (secondary N) is 1. The standard InChI is InChI=1S/C23H31ClN2O2.ClH/c1-23(2,22(27)28)13-7-3-4-10-21(18-8-5-6-9-19(18)24)26-15-12-20-17(16-26)11-14-25-20;/h5-6,8-9,11,14,21,25H,3-4,7,10,12-13,15-16H2,1-2H3,(H,27,28);1H. The number of carboxylic acids is 1. The van der Waals surface area contributed by atoms with Gasteiger partial charge in [-0.3, -0.25) is 9.69 Å². The van der Waals surface area contributed by atoms with Crippen molar-refractivity contribution in [3.63, 3.8) is 0 Å². The first-order chi connectivity index (χ1) is 13.4. The molecule has 2 N–H and O–H groups in total. The van der Waals surface area contributed by atoms with Gasteiger partial charge in [0, 0.05) is 42.5 Å². The lowest BCUT2D eigenvalue weighted by atomic mass is 9.86. The number of aromatic amines is 1. The maximum Gasteiger partial charge on any atom is 0.309 e. The summed E-state index contributed by atoms with van der Waals surface area (Å²) in [5.41, 5.74) is 3.30. The van der Waals surface area contributed by atoms with Crippen molar-refractivity contribution in [3.05, 3.63) is 58.4 Å². The molecule has 1 atom stereocenters. The summed E-state index contributed by atoms with van der Waals surface area (Å²) < 4.78 is 0.